The molecule has 2 rings (SSSR count). The van der Waals surface area contributed by atoms with Crippen molar-refractivity contribution in [2.75, 3.05) is 18.5 Å². The van der Waals surface area contributed by atoms with Gasteiger partial charge in [-0.1, -0.05) is 13.0 Å². The van der Waals surface area contributed by atoms with E-state index in [1.54, 1.807) is 11.3 Å². The summed E-state index contributed by atoms with van der Waals surface area (Å²) in [4.78, 5) is 19.6. The van der Waals surface area contributed by atoms with Crippen molar-refractivity contribution in [2.45, 2.75) is 19.8 Å². The second-order valence-electron chi connectivity index (χ2n) is 4.24. The maximum atomic E-state index is 11.2. The van der Waals surface area contributed by atoms with E-state index in [2.05, 4.69) is 15.3 Å². The maximum Gasteiger partial charge on any atom is 0.372 e. The average molecular weight is 308 g/mol. The third-order valence-corrected chi connectivity index (χ3v) is 3.62. The van der Waals surface area contributed by atoms with Gasteiger partial charge in [-0.25, -0.2) is 4.98 Å². The number of hydrogen-bond acceptors (Lipinski definition) is 7. The van der Waals surface area contributed by atoms with Crippen LogP contribution in [-0.4, -0.2) is 28.0 Å². The predicted molar refractivity (Wildman–Crippen MR) is 81.0 cm³/mol. The molecule has 0 spiro atoms. The molecule has 0 saturated carbocycles. The molecular formula is C13H16N4O3S. The molecule has 112 valence electrons. The molecule has 0 aromatic carbocycles. The number of nitrogens with zero attached hydrogens (tertiary/aromatic N) is 3. The molecule has 0 fully saturated rings. The first-order valence-electron chi connectivity index (χ1n) is 6.60. The van der Waals surface area contributed by atoms with Crippen molar-refractivity contribution in [3.63, 3.8) is 0 Å². The molecular weight excluding hydrogens is 292 g/mol. The van der Waals surface area contributed by atoms with Gasteiger partial charge in [0.05, 0.1) is 11.5 Å². The van der Waals surface area contributed by atoms with Crippen LogP contribution >= 0.6 is 11.3 Å². The molecule has 0 unspecified atom stereocenters. The van der Waals surface area contributed by atoms with Crippen molar-refractivity contribution in [2.24, 2.45) is 0 Å². The van der Waals surface area contributed by atoms with E-state index in [0.717, 1.165) is 11.3 Å². The second-order valence-corrected chi connectivity index (χ2v) is 5.27. The van der Waals surface area contributed by atoms with Gasteiger partial charge in [-0.05, 0) is 17.9 Å². The molecule has 2 aromatic heterocycles. The van der Waals surface area contributed by atoms with Gasteiger partial charge in [0, 0.05) is 17.8 Å². The Morgan fingerprint density at radius 3 is 3.00 bits per heavy atom. The minimum atomic E-state index is -0.515. The molecule has 0 aliphatic carbocycles. The number of thiophene rings is 1. The van der Waals surface area contributed by atoms with Crippen molar-refractivity contribution < 1.29 is 9.66 Å². The van der Waals surface area contributed by atoms with Crippen LogP contribution in [0.25, 0.3) is 0 Å². The zero-order valence-electron chi connectivity index (χ0n) is 11.6. The van der Waals surface area contributed by atoms with Crippen molar-refractivity contribution in [1.29, 1.82) is 0 Å². The van der Waals surface area contributed by atoms with Crippen LogP contribution in [0, 0.1) is 10.1 Å². The summed E-state index contributed by atoms with van der Waals surface area (Å²) < 4.78 is 5.47. The third kappa shape index (κ3) is 4.12. The normalized spacial score (nSPS) is 10.3. The molecule has 0 aliphatic heterocycles. The van der Waals surface area contributed by atoms with E-state index in [1.807, 2.05) is 24.4 Å². The van der Waals surface area contributed by atoms with Crippen LogP contribution in [0.3, 0.4) is 0 Å². The number of rotatable bonds is 8. The minimum Gasteiger partial charge on any atom is -0.472 e. The number of nitrogens with one attached hydrogen (secondary N) is 1. The predicted octanol–water partition coefficient (Wildman–Crippen LogP) is 2.89. The van der Waals surface area contributed by atoms with E-state index in [4.69, 9.17) is 4.74 Å². The van der Waals surface area contributed by atoms with E-state index in [9.17, 15) is 10.1 Å². The number of aromatic nitrogens is 2. The topological polar surface area (TPSA) is 90.2 Å². The molecule has 0 aliphatic rings. The van der Waals surface area contributed by atoms with Crippen LogP contribution in [0.5, 0.6) is 5.88 Å². The summed E-state index contributed by atoms with van der Waals surface area (Å²) in [5, 5.41) is 16.1. The zero-order valence-corrected chi connectivity index (χ0v) is 12.4. The maximum absolute atomic E-state index is 11.2. The smallest absolute Gasteiger partial charge is 0.372 e. The van der Waals surface area contributed by atoms with Gasteiger partial charge in [0.15, 0.2) is 0 Å². The fraction of sp³-hybridized carbons (Fsp3) is 0.385. The lowest BCUT2D eigenvalue weighted by Crippen LogP contribution is -2.09. The van der Waals surface area contributed by atoms with Crippen LogP contribution in [0.4, 0.5) is 11.5 Å². The Kier molecular flexibility index (Phi) is 5.44. The number of ether oxygens (including phenoxy) is 1. The first-order valence-corrected chi connectivity index (χ1v) is 7.48. The summed E-state index contributed by atoms with van der Waals surface area (Å²) in [6.07, 6.45) is 2.80. The average Bonchev–Trinajstić information content (AvgIpc) is 2.98. The lowest BCUT2D eigenvalue weighted by molar-refractivity contribution is -0.385. The van der Waals surface area contributed by atoms with Gasteiger partial charge in [-0.15, -0.1) is 11.3 Å². The van der Waals surface area contributed by atoms with Crippen molar-refractivity contribution in [3.05, 3.63) is 38.8 Å². The zero-order chi connectivity index (χ0) is 15.1. The minimum absolute atomic E-state index is 0.00478. The van der Waals surface area contributed by atoms with Crippen LogP contribution in [0.1, 0.15) is 18.2 Å². The van der Waals surface area contributed by atoms with Crippen LogP contribution in [-0.2, 0) is 6.42 Å². The second kappa shape index (κ2) is 7.53. The van der Waals surface area contributed by atoms with Crippen LogP contribution in [0.2, 0.25) is 0 Å². The van der Waals surface area contributed by atoms with Gasteiger partial charge in [0.25, 0.3) is 5.88 Å². The summed E-state index contributed by atoms with van der Waals surface area (Å²) >= 11 is 1.62. The Balaban J connectivity index is 2.08. The lowest BCUT2D eigenvalue weighted by atomic mass is 10.3. The molecule has 2 heterocycles. The highest BCUT2D eigenvalue weighted by molar-refractivity contribution is 7.09. The Labute approximate surface area is 126 Å². The monoisotopic (exact) mass is 308 g/mol. The van der Waals surface area contributed by atoms with Gasteiger partial charge in [-0.2, -0.15) is 4.98 Å². The Bertz CT molecular complexity index is 589. The summed E-state index contributed by atoms with van der Waals surface area (Å²) in [5.74, 6) is 0.202. The van der Waals surface area contributed by atoms with Crippen molar-refractivity contribution in [1.82, 2.24) is 9.97 Å². The van der Waals surface area contributed by atoms with Gasteiger partial charge in [0.2, 0.25) is 5.82 Å². The van der Waals surface area contributed by atoms with Crippen LogP contribution < -0.4 is 10.1 Å². The van der Waals surface area contributed by atoms with Gasteiger partial charge < -0.3 is 10.1 Å². The van der Waals surface area contributed by atoms with E-state index < -0.39 is 4.92 Å². The van der Waals surface area contributed by atoms with Gasteiger partial charge in [-0.3, -0.25) is 10.1 Å². The SMILES string of the molecule is CCCNc1ncnc(OCCc2cccs2)c1[N+](=O)[O-]. The molecule has 2 aromatic rings. The summed E-state index contributed by atoms with van der Waals surface area (Å²) in [6.45, 7) is 2.91. The van der Waals surface area contributed by atoms with E-state index in [0.29, 0.717) is 19.6 Å². The van der Waals surface area contributed by atoms with Crippen molar-refractivity contribution >= 4 is 22.8 Å². The Morgan fingerprint density at radius 2 is 2.33 bits per heavy atom. The molecule has 7 nitrogen and oxygen atoms in total. The number of anilines is 1. The molecule has 21 heavy (non-hydrogen) atoms. The third-order valence-electron chi connectivity index (χ3n) is 2.68. The highest BCUT2D eigenvalue weighted by Gasteiger charge is 2.24. The standard InChI is InChI=1S/C13H16N4O3S/c1-2-6-14-12-11(17(18)19)13(16-9-15-12)20-7-5-10-4-3-8-21-10/h3-4,8-9H,2,5-7H2,1H3,(H,14,15,16). The Morgan fingerprint density at radius 1 is 1.48 bits per heavy atom. The fourth-order valence-electron chi connectivity index (χ4n) is 1.71. The Hall–Kier alpha value is -2.22. The lowest BCUT2D eigenvalue weighted by Gasteiger charge is -2.08. The summed E-state index contributed by atoms with van der Waals surface area (Å²) in [7, 11) is 0. The molecule has 0 atom stereocenters. The number of nitro groups is 1. The molecule has 0 bridgehead atoms. The molecule has 0 radical (unpaired) electrons. The molecule has 1 N–H and O–H groups in total. The first kappa shape index (κ1) is 15.2. The quantitative estimate of drug-likeness (QED) is 0.595. The summed E-state index contributed by atoms with van der Waals surface area (Å²) in [5.41, 5.74) is -0.211. The molecule has 0 saturated heterocycles. The van der Waals surface area contributed by atoms with E-state index in [-0.39, 0.29) is 17.4 Å². The fourth-order valence-corrected chi connectivity index (χ4v) is 2.40. The molecule has 8 heteroatoms. The first-order chi connectivity index (χ1) is 10.2. The van der Waals surface area contributed by atoms with Gasteiger partial charge in [0.1, 0.15) is 6.33 Å². The summed E-state index contributed by atoms with van der Waals surface area (Å²) in [6, 6.07) is 3.95. The highest BCUT2D eigenvalue weighted by atomic mass is 32.1. The van der Waals surface area contributed by atoms with E-state index >= 15 is 0 Å². The van der Waals surface area contributed by atoms with Crippen LogP contribution in [0.15, 0.2) is 23.8 Å². The van der Waals surface area contributed by atoms with E-state index in [1.165, 1.54) is 6.33 Å². The number of hydrogen-bond donors (Lipinski definition) is 1. The highest BCUT2D eigenvalue weighted by Crippen LogP contribution is 2.30. The molecule has 0 amide bonds. The van der Waals surface area contributed by atoms with Crippen molar-refractivity contribution in [3.8, 4) is 5.88 Å². The largest absolute Gasteiger partial charge is 0.472 e. The van der Waals surface area contributed by atoms with Gasteiger partial charge >= 0.3 is 5.69 Å².